The lowest BCUT2D eigenvalue weighted by molar-refractivity contribution is 0.411. The van der Waals surface area contributed by atoms with Gasteiger partial charge in [-0.05, 0) is 31.6 Å². The summed E-state index contributed by atoms with van der Waals surface area (Å²) >= 11 is 5.58. The van der Waals surface area contributed by atoms with Crippen LogP contribution in [-0.4, -0.2) is 35.0 Å². The van der Waals surface area contributed by atoms with E-state index in [0.717, 1.165) is 25.1 Å². The van der Waals surface area contributed by atoms with Gasteiger partial charge in [0.1, 0.15) is 0 Å². The van der Waals surface area contributed by atoms with Crippen molar-refractivity contribution in [1.82, 2.24) is 14.9 Å². The lowest BCUT2D eigenvalue weighted by Gasteiger charge is -2.08. The summed E-state index contributed by atoms with van der Waals surface area (Å²) in [6.45, 7) is 1.96. The Hall–Kier alpha value is -0.870. The van der Waals surface area contributed by atoms with Crippen LogP contribution in [0.2, 0.25) is 5.28 Å². The van der Waals surface area contributed by atoms with Crippen molar-refractivity contribution < 1.29 is 0 Å². The van der Waals surface area contributed by atoms with Crippen LogP contribution in [0.1, 0.15) is 17.9 Å². The second-order valence-electron chi connectivity index (χ2n) is 3.71. The summed E-state index contributed by atoms with van der Waals surface area (Å²) in [5, 5.41) is 0.158. The molecule has 1 atom stereocenters. The van der Waals surface area contributed by atoms with E-state index in [0.29, 0.717) is 5.92 Å². The first-order valence-electron chi connectivity index (χ1n) is 4.60. The number of nitrogens with zero attached hydrogens (tertiary/aromatic N) is 2. The molecule has 0 aromatic carbocycles. The standard InChI is InChI=1S/C9H12ClN3O/c1-13-3-2-6(5-13)7-4-11-9(10)12-8(7)14/h4,6H,2-3,5H2,1H3,(H,11,12,14). The number of likely N-dealkylation sites (tertiary alicyclic amines) is 1. The zero-order chi connectivity index (χ0) is 10.1. The second kappa shape index (κ2) is 3.71. The van der Waals surface area contributed by atoms with Gasteiger partial charge in [-0.25, -0.2) is 4.98 Å². The minimum absolute atomic E-state index is 0.106. The van der Waals surface area contributed by atoms with Crippen molar-refractivity contribution in [3.05, 3.63) is 27.4 Å². The van der Waals surface area contributed by atoms with Gasteiger partial charge >= 0.3 is 0 Å². The molecule has 0 bridgehead atoms. The summed E-state index contributed by atoms with van der Waals surface area (Å²) in [5.41, 5.74) is 0.643. The van der Waals surface area contributed by atoms with Crippen molar-refractivity contribution in [2.24, 2.45) is 0 Å². The quantitative estimate of drug-likeness (QED) is 0.704. The topological polar surface area (TPSA) is 49.0 Å². The molecule has 14 heavy (non-hydrogen) atoms. The molecule has 4 nitrogen and oxygen atoms in total. The molecular formula is C9H12ClN3O. The van der Waals surface area contributed by atoms with Gasteiger partial charge in [-0.2, -0.15) is 0 Å². The molecule has 0 aliphatic carbocycles. The van der Waals surface area contributed by atoms with Crippen LogP contribution in [0.4, 0.5) is 0 Å². The molecule has 5 heteroatoms. The third-order valence-corrected chi connectivity index (χ3v) is 2.82. The molecule has 2 heterocycles. The fourth-order valence-electron chi connectivity index (χ4n) is 1.86. The van der Waals surface area contributed by atoms with Gasteiger partial charge in [0.05, 0.1) is 0 Å². The Bertz CT molecular complexity index is 390. The van der Waals surface area contributed by atoms with E-state index in [1.54, 1.807) is 6.20 Å². The van der Waals surface area contributed by atoms with Gasteiger partial charge in [-0.3, -0.25) is 9.78 Å². The Morgan fingerprint density at radius 2 is 2.50 bits per heavy atom. The van der Waals surface area contributed by atoms with E-state index in [4.69, 9.17) is 11.6 Å². The van der Waals surface area contributed by atoms with E-state index in [9.17, 15) is 4.79 Å². The van der Waals surface area contributed by atoms with Gasteiger partial charge in [0.15, 0.2) is 0 Å². The highest BCUT2D eigenvalue weighted by Gasteiger charge is 2.23. The molecule has 1 unspecified atom stereocenters. The third-order valence-electron chi connectivity index (χ3n) is 2.63. The maximum Gasteiger partial charge on any atom is 0.255 e. The number of likely N-dealkylation sites (N-methyl/N-ethyl adjacent to an activating group) is 1. The number of hydrogen-bond donors (Lipinski definition) is 1. The smallest absolute Gasteiger partial charge is 0.255 e. The van der Waals surface area contributed by atoms with Crippen LogP contribution in [0.25, 0.3) is 0 Å². The zero-order valence-corrected chi connectivity index (χ0v) is 8.71. The van der Waals surface area contributed by atoms with Gasteiger partial charge in [-0.1, -0.05) is 0 Å². The molecule has 76 valence electrons. The van der Waals surface area contributed by atoms with Gasteiger partial charge in [0.2, 0.25) is 5.28 Å². The van der Waals surface area contributed by atoms with Crippen LogP contribution >= 0.6 is 11.6 Å². The van der Waals surface area contributed by atoms with Crippen LogP contribution in [0, 0.1) is 0 Å². The summed E-state index contributed by atoms with van der Waals surface area (Å²) in [7, 11) is 2.05. The maximum absolute atomic E-state index is 11.5. The SMILES string of the molecule is CN1CCC(c2cnc(Cl)[nH]c2=O)C1. The van der Waals surface area contributed by atoms with Crippen LogP contribution in [0.3, 0.4) is 0 Å². The van der Waals surface area contributed by atoms with E-state index in [2.05, 4.69) is 21.9 Å². The van der Waals surface area contributed by atoms with Crippen LogP contribution in [0.15, 0.2) is 11.0 Å². The molecule has 1 aromatic rings. The molecule has 1 saturated heterocycles. The molecule has 0 spiro atoms. The predicted molar refractivity (Wildman–Crippen MR) is 54.7 cm³/mol. The Labute approximate surface area is 86.9 Å². The van der Waals surface area contributed by atoms with Crippen molar-refractivity contribution >= 4 is 11.6 Å². The van der Waals surface area contributed by atoms with Gasteiger partial charge < -0.3 is 4.90 Å². The fraction of sp³-hybridized carbons (Fsp3) is 0.556. The van der Waals surface area contributed by atoms with Gasteiger partial charge in [0.25, 0.3) is 5.56 Å². The number of hydrogen-bond acceptors (Lipinski definition) is 3. The average Bonchev–Trinajstić information content (AvgIpc) is 2.51. The van der Waals surface area contributed by atoms with Gasteiger partial charge in [-0.15, -0.1) is 0 Å². The first kappa shape index (κ1) is 9.68. The number of aromatic nitrogens is 2. The summed E-state index contributed by atoms with van der Waals surface area (Å²) in [5.74, 6) is 0.300. The number of rotatable bonds is 1. The van der Waals surface area contributed by atoms with Crippen LogP contribution in [0.5, 0.6) is 0 Å². The third kappa shape index (κ3) is 1.81. The first-order chi connectivity index (χ1) is 6.66. The summed E-state index contributed by atoms with van der Waals surface area (Å²) < 4.78 is 0. The molecule has 0 saturated carbocycles. The molecule has 1 aromatic heterocycles. The molecular weight excluding hydrogens is 202 g/mol. The first-order valence-corrected chi connectivity index (χ1v) is 4.98. The highest BCUT2D eigenvalue weighted by Crippen LogP contribution is 2.22. The van der Waals surface area contributed by atoms with Crippen molar-refractivity contribution in [3.8, 4) is 0 Å². The normalized spacial score (nSPS) is 22.9. The minimum atomic E-state index is -0.106. The average molecular weight is 214 g/mol. The largest absolute Gasteiger partial charge is 0.306 e. The van der Waals surface area contributed by atoms with E-state index in [1.807, 2.05) is 0 Å². The lowest BCUT2D eigenvalue weighted by Crippen LogP contribution is -2.19. The van der Waals surface area contributed by atoms with Gasteiger partial charge in [0, 0.05) is 24.2 Å². The lowest BCUT2D eigenvalue weighted by atomic mass is 10.0. The predicted octanol–water partition coefficient (Wildman–Crippen LogP) is 0.842. The minimum Gasteiger partial charge on any atom is -0.306 e. The Morgan fingerprint density at radius 3 is 3.07 bits per heavy atom. The van der Waals surface area contributed by atoms with Crippen molar-refractivity contribution in [1.29, 1.82) is 0 Å². The number of nitrogens with one attached hydrogen (secondary N) is 1. The van der Waals surface area contributed by atoms with Crippen LogP contribution in [-0.2, 0) is 0 Å². The highest BCUT2D eigenvalue weighted by atomic mass is 35.5. The maximum atomic E-state index is 11.5. The van der Waals surface area contributed by atoms with Crippen LogP contribution < -0.4 is 5.56 Å². The Balaban J connectivity index is 2.29. The molecule has 1 fully saturated rings. The molecule has 0 amide bonds. The van der Waals surface area contributed by atoms with Crippen molar-refractivity contribution in [2.75, 3.05) is 20.1 Å². The monoisotopic (exact) mass is 213 g/mol. The summed E-state index contributed by atoms with van der Waals surface area (Å²) in [6, 6.07) is 0. The van der Waals surface area contributed by atoms with E-state index >= 15 is 0 Å². The van der Waals surface area contributed by atoms with E-state index in [1.165, 1.54) is 0 Å². The zero-order valence-electron chi connectivity index (χ0n) is 7.96. The number of H-pyrrole nitrogens is 1. The fourth-order valence-corrected chi connectivity index (χ4v) is 2.00. The molecule has 2 rings (SSSR count). The highest BCUT2D eigenvalue weighted by molar-refractivity contribution is 6.28. The second-order valence-corrected chi connectivity index (χ2v) is 4.06. The number of halogens is 1. The molecule has 1 aliphatic heterocycles. The molecule has 1 N–H and O–H groups in total. The van der Waals surface area contributed by atoms with E-state index < -0.39 is 0 Å². The molecule has 1 aliphatic rings. The van der Waals surface area contributed by atoms with Crippen molar-refractivity contribution in [3.63, 3.8) is 0 Å². The molecule has 0 radical (unpaired) electrons. The van der Waals surface area contributed by atoms with Crippen molar-refractivity contribution in [2.45, 2.75) is 12.3 Å². The number of aromatic amines is 1. The Morgan fingerprint density at radius 1 is 1.71 bits per heavy atom. The summed E-state index contributed by atoms with van der Waals surface area (Å²) in [6.07, 6.45) is 2.61. The van der Waals surface area contributed by atoms with E-state index in [-0.39, 0.29) is 10.8 Å². The Kier molecular flexibility index (Phi) is 2.56. The summed E-state index contributed by atoms with van der Waals surface area (Å²) in [4.78, 5) is 20.2.